The van der Waals surface area contributed by atoms with E-state index in [0.29, 0.717) is 0 Å². The minimum Gasteiger partial charge on any atom is -0.508 e. The number of rotatable bonds is 3. The second-order valence-electron chi connectivity index (χ2n) is 3.75. The highest BCUT2D eigenvalue weighted by Crippen LogP contribution is 2.14. The van der Waals surface area contributed by atoms with E-state index < -0.39 is 11.6 Å². The van der Waals surface area contributed by atoms with Crippen molar-refractivity contribution in [3.05, 3.63) is 59.7 Å². The van der Waals surface area contributed by atoms with Crippen LogP contribution in [0, 0.1) is 0 Å². The van der Waals surface area contributed by atoms with E-state index >= 15 is 0 Å². The van der Waals surface area contributed by atoms with Gasteiger partial charge in [-0.2, -0.15) is 0 Å². The number of phenolic OH excluding ortho intramolecular Hbond substituents is 2. The van der Waals surface area contributed by atoms with Crippen LogP contribution < -0.4 is 0 Å². The van der Waals surface area contributed by atoms with Gasteiger partial charge in [0.25, 0.3) is 0 Å². The Labute approximate surface area is 117 Å². The molecule has 20 heavy (non-hydrogen) atoms. The van der Waals surface area contributed by atoms with E-state index in [1.807, 2.05) is 13.8 Å². The first-order valence-electron chi connectivity index (χ1n) is 6.25. The van der Waals surface area contributed by atoms with Gasteiger partial charge in [0.1, 0.15) is 11.5 Å². The summed E-state index contributed by atoms with van der Waals surface area (Å²) in [5.41, 5.74) is 0.428. The largest absolute Gasteiger partial charge is 0.508 e. The minimum atomic E-state index is -0.652. The lowest BCUT2D eigenvalue weighted by molar-refractivity contribution is 0.0817. The van der Waals surface area contributed by atoms with E-state index in [4.69, 9.17) is 10.2 Å². The van der Waals surface area contributed by atoms with E-state index in [0.717, 1.165) is 0 Å². The summed E-state index contributed by atoms with van der Waals surface area (Å²) in [7, 11) is 0. The van der Waals surface area contributed by atoms with Crippen molar-refractivity contribution in [1.29, 1.82) is 0 Å². The Morgan fingerprint density at radius 3 is 1.15 bits per heavy atom. The summed E-state index contributed by atoms with van der Waals surface area (Å²) < 4.78 is 0. The zero-order valence-corrected chi connectivity index (χ0v) is 11.3. The average molecular weight is 272 g/mol. The summed E-state index contributed by atoms with van der Waals surface area (Å²) in [5.74, 6) is -1.24. The molecule has 4 heteroatoms. The Bertz CT molecular complexity index is 527. The summed E-state index contributed by atoms with van der Waals surface area (Å²) in [4.78, 5) is 23.7. The molecule has 0 aliphatic heterocycles. The fraction of sp³-hybridized carbons (Fsp3) is 0.125. The predicted molar refractivity (Wildman–Crippen MR) is 76.2 cm³/mol. The number of ketones is 2. The van der Waals surface area contributed by atoms with Crippen LogP contribution >= 0.6 is 0 Å². The monoisotopic (exact) mass is 272 g/mol. The summed E-state index contributed by atoms with van der Waals surface area (Å²) in [6, 6.07) is 10.9. The molecule has 0 spiro atoms. The molecule has 0 heterocycles. The van der Waals surface area contributed by atoms with Gasteiger partial charge in [0.05, 0.1) is 0 Å². The van der Waals surface area contributed by atoms with Gasteiger partial charge in [-0.1, -0.05) is 13.8 Å². The third-order valence-corrected chi connectivity index (χ3v) is 2.47. The van der Waals surface area contributed by atoms with Crippen LogP contribution in [-0.2, 0) is 0 Å². The summed E-state index contributed by atoms with van der Waals surface area (Å²) in [5, 5.41) is 18.2. The highest BCUT2D eigenvalue weighted by Gasteiger charge is 2.17. The van der Waals surface area contributed by atoms with Crippen molar-refractivity contribution in [2.75, 3.05) is 0 Å². The van der Waals surface area contributed by atoms with Crippen molar-refractivity contribution in [3.63, 3.8) is 0 Å². The number of hydrogen-bond donors (Lipinski definition) is 2. The number of carbonyl (C=O) groups excluding carboxylic acids is 2. The molecule has 0 bridgehead atoms. The number of hydrogen-bond acceptors (Lipinski definition) is 4. The molecular weight excluding hydrogens is 256 g/mol. The van der Waals surface area contributed by atoms with Crippen LogP contribution in [0.5, 0.6) is 11.5 Å². The Morgan fingerprint density at radius 1 is 0.650 bits per heavy atom. The van der Waals surface area contributed by atoms with Crippen molar-refractivity contribution in [2.24, 2.45) is 0 Å². The van der Waals surface area contributed by atoms with Crippen LogP contribution in [0.15, 0.2) is 48.5 Å². The molecule has 2 aromatic carbocycles. The van der Waals surface area contributed by atoms with Crippen molar-refractivity contribution in [1.82, 2.24) is 0 Å². The smallest absolute Gasteiger partial charge is 0.233 e. The number of benzene rings is 2. The van der Waals surface area contributed by atoms with Gasteiger partial charge in [0, 0.05) is 11.1 Å². The molecule has 0 amide bonds. The Morgan fingerprint density at radius 2 is 0.900 bits per heavy atom. The number of carbonyl (C=O) groups is 2. The summed E-state index contributed by atoms with van der Waals surface area (Å²) >= 11 is 0. The van der Waals surface area contributed by atoms with E-state index in [1.54, 1.807) is 0 Å². The zero-order chi connectivity index (χ0) is 15.1. The molecule has 0 atom stereocenters. The SMILES string of the molecule is CC.O=C(C(=O)c1ccc(O)cc1)c1ccc(O)cc1. The molecule has 4 nitrogen and oxygen atoms in total. The topological polar surface area (TPSA) is 74.6 Å². The van der Waals surface area contributed by atoms with Gasteiger partial charge in [-0.15, -0.1) is 0 Å². The Hall–Kier alpha value is -2.62. The molecule has 0 saturated heterocycles. The summed E-state index contributed by atoms with van der Waals surface area (Å²) in [6.45, 7) is 4.00. The van der Waals surface area contributed by atoms with E-state index in [2.05, 4.69) is 0 Å². The van der Waals surface area contributed by atoms with Crippen LogP contribution in [0.25, 0.3) is 0 Å². The molecule has 0 aliphatic carbocycles. The molecule has 0 fully saturated rings. The maximum Gasteiger partial charge on any atom is 0.233 e. The fourth-order valence-electron chi connectivity index (χ4n) is 1.49. The third kappa shape index (κ3) is 3.68. The second-order valence-corrected chi connectivity index (χ2v) is 3.75. The van der Waals surface area contributed by atoms with Crippen molar-refractivity contribution < 1.29 is 19.8 Å². The highest BCUT2D eigenvalue weighted by molar-refractivity contribution is 6.49. The Balaban J connectivity index is 0.000000956. The average Bonchev–Trinajstić information content (AvgIpc) is 2.49. The first kappa shape index (κ1) is 15.4. The fourth-order valence-corrected chi connectivity index (χ4v) is 1.49. The van der Waals surface area contributed by atoms with E-state index in [9.17, 15) is 9.59 Å². The first-order chi connectivity index (χ1) is 9.58. The lowest BCUT2D eigenvalue weighted by atomic mass is 10.0. The van der Waals surface area contributed by atoms with Crippen LogP contribution in [-0.4, -0.2) is 21.8 Å². The van der Waals surface area contributed by atoms with Crippen LogP contribution in [0.1, 0.15) is 34.6 Å². The van der Waals surface area contributed by atoms with E-state index in [-0.39, 0.29) is 22.6 Å². The van der Waals surface area contributed by atoms with Gasteiger partial charge in [-0.3, -0.25) is 9.59 Å². The van der Waals surface area contributed by atoms with Gasteiger partial charge < -0.3 is 10.2 Å². The van der Waals surface area contributed by atoms with Crippen LogP contribution in [0.4, 0.5) is 0 Å². The molecule has 0 unspecified atom stereocenters. The van der Waals surface area contributed by atoms with Gasteiger partial charge in [0.15, 0.2) is 0 Å². The predicted octanol–water partition coefficient (Wildman–Crippen LogP) is 3.19. The highest BCUT2D eigenvalue weighted by atomic mass is 16.3. The Kier molecular flexibility index (Phi) is 5.47. The molecule has 2 rings (SSSR count). The molecule has 2 aromatic rings. The lowest BCUT2D eigenvalue weighted by Crippen LogP contribution is -2.14. The lowest BCUT2D eigenvalue weighted by Gasteiger charge is -2.01. The van der Waals surface area contributed by atoms with Crippen LogP contribution in [0.3, 0.4) is 0 Å². The molecule has 2 N–H and O–H groups in total. The number of phenols is 2. The van der Waals surface area contributed by atoms with Gasteiger partial charge in [-0.25, -0.2) is 0 Å². The maximum absolute atomic E-state index is 11.8. The van der Waals surface area contributed by atoms with Gasteiger partial charge in [-0.05, 0) is 48.5 Å². The maximum atomic E-state index is 11.8. The molecular formula is C16H16O4. The number of aromatic hydroxyl groups is 2. The standard InChI is InChI=1S/C14H10O4.C2H6/c15-11-5-1-9(2-6-11)13(17)14(18)10-3-7-12(16)8-4-10;1-2/h1-8,15-16H;1-2H3. The van der Waals surface area contributed by atoms with Gasteiger partial charge >= 0.3 is 0 Å². The quantitative estimate of drug-likeness (QED) is 0.664. The summed E-state index contributed by atoms with van der Waals surface area (Å²) in [6.07, 6.45) is 0. The zero-order valence-electron chi connectivity index (χ0n) is 11.3. The molecule has 104 valence electrons. The van der Waals surface area contributed by atoms with Crippen LogP contribution in [0.2, 0.25) is 0 Å². The van der Waals surface area contributed by atoms with Crippen molar-refractivity contribution in [3.8, 4) is 11.5 Å². The van der Waals surface area contributed by atoms with Gasteiger partial charge in [0.2, 0.25) is 11.6 Å². The van der Waals surface area contributed by atoms with Crippen molar-refractivity contribution >= 4 is 11.6 Å². The third-order valence-electron chi connectivity index (χ3n) is 2.47. The molecule has 0 radical (unpaired) electrons. The molecule has 0 aromatic heterocycles. The van der Waals surface area contributed by atoms with E-state index in [1.165, 1.54) is 48.5 Å². The number of Topliss-reactive ketones (excluding diaryl/α,β-unsaturated/α-hetero) is 2. The minimum absolute atomic E-state index is 0.0311. The normalized spacial score (nSPS) is 9.30. The molecule has 0 saturated carbocycles. The second kappa shape index (κ2) is 7.09. The first-order valence-corrected chi connectivity index (χ1v) is 6.25. The van der Waals surface area contributed by atoms with Crippen molar-refractivity contribution in [2.45, 2.75) is 13.8 Å². The molecule has 0 aliphatic rings.